The van der Waals surface area contributed by atoms with Gasteiger partial charge in [-0.1, -0.05) is 47.5 Å². The Morgan fingerprint density at radius 3 is 2.35 bits per heavy atom. The number of hydrogen-bond donors (Lipinski definition) is 2. The van der Waals surface area contributed by atoms with Gasteiger partial charge in [0.1, 0.15) is 0 Å². The summed E-state index contributed by atoms with van der Waals surface area (Å²) in [6.45, 7) is 4.86. The summed E-state index contributed by atoms with van der Waals surface area (Å²) < 4.78 is 29.1. The largest absolute Gasteiger partial charge is 0.399 e. The summed E-state index contributed by atoms with van der Waals surface area (Å²) in [6.07, 6.45) is 2.97. The van der Waals surface area contributed by atoms with Crippen molar-refractivity contribution in [3.8, 4) is 11.3 Å². The number of carbonyl (C=O) groups is 1. The van der Waals surface area contributed by atoms with Crippen molar-refractivity contribution in [2.75, 3.05) is 24.1 Å². The molecule has 0 atom stereocenters. The Labute approximate surface area is 255 Å². The van der Waals surface area contributed by atoms with Crippen LogP contribution in [0.1, 0.15) is 34.5 Å². The lowest BCUT2D eigenvalue weighted by atomic mass is 10.0. The summed E-state index contributed by atoms with van der Waals surface area (Å²) >= 11 is 6.66. The number of amides is 1. The molecule has 1 amide bonds. The molecule has 0 aliphatic carbocycles. The van der Waals surface area contributed by atoms with E-state index < -0.39 is 10.0 Å². The third kappa shape index (κ3) is 5.44. The number of nitrogen functional groups attached to an aromatic ring is 1. The number of anilines is 2. The van der Waals surface area contributed by atoms with E-state index in [4.69, 9.17) is 22.3 Å². The molecular weight excluding hydrogens is 584 g/mol. The normalized spacial score (nSPS) is 14.3. The van der Waals surface area contributed by atoms with Gasteiger partial charge in [0, 0.05) is 47.0 Å². The first-order valence-electron chi connectivity index (χ1n) is 14.0. The van der Waals surface area contributed by atoms with Gasteiger partial charge in [-0.15, -0.1) is 0 Å². The van der Waals surface area contributed by atoms with Gasteiger partial charge in [0.2, 0.25) is 5.95 Å². The number of piperidine rings is 1. The van der Waals surface area contributed by atoms with Crippen molar-refractivity contribution in [3.05, 3.63) is 101 Å². The number of aromatic nitrogens is 3. The van der Waals surface area contributed by atoms with Crippen LogP contribution in [0.3, 0.4) is 0 Å². The lowest BCUT2D eigenvalue weighted by molar-refractivity contribution is 0.0718. The fourth-order valence-corrected chi connectivity index (χ4v) is 7.34. The lowest BCUT2D eigenvalue weighted by Crippen LogP contribution is -2.42. The van der Waals surface area contributed by atoms with Crippen LogP contribution in [-0.4, -0.2) is 52.3 Å². The Morgan fingerprint density at radius 1 is 0.977 bits per heavy atom. The van der Waals surface area contributed by atoms with Crippen LogP contribution in [0.4, 0.5) is 11.6 Å². The second-order valence-electron chi connectivity index (χ2n) is 10.8. The van der Waals surface area contributed by atoms with E-state index >= 15 is 0 Å². The smallest absolute Gasteiger partial charge is 0.268 e. The maximum Gasteiger partial charge on any atom is 0.268 e. The van der Waals surface area contributed by atoms with Crippen LogP contribution in [0.15, 0.2) is 83.9 Å². The number of likely N-dealkylation sites (tertiary alicyclic amines) is 1. The number of benzene rings is 3. The molecular formula is C32H31ClN6O3S. The average molecular weight is 615 g/mol. The van der Waals surface area contributed by atoms with Crippen LogP contribution in [0.2, 0.25) is 5.02 Å². The van der Waals surface area contributed by atoms with E-state index in [-0.39, 0.29) is 16.8 Å². The summed E-state index contributed by atoms with van der Waals surface area (Å²) in [5.74, 6) is 0.372. The van der Waals surface area contributed by atoms with Crippen LogP contribution in [0, 0.1) is 13.8 Å². The number of halogens is 1. The highest BCUT2D eigenvalue weighted by molar-refractivity contribution is 7.90. The van der Waals surface area contributed by atoms with Gasteiger partial charge >= 0.3 is 0 Å². The predicted molar refractivity (Wildman–Crippen MR) is 170 cm³/mol. The number of carbonyl (C=O) groups excluding carboxylic acids is 1. The van der Waals surface area contributed by atoms with Gasteiger partial charge in [0.15, 0.2) is 0 Å². The monoisotopic (exact) mass is 614 g/mol. The number of nitrogens with one attached hydrogen (secondary N) is 1. The van der Waals surface area contributed by atoms with Gasteiger partial charge in [-0.2, -0.15) is 0 Å². The van der Waals surface area contributed by atoms with E-state index in [1.165, 1.54) is 10.2 Å². The highest BCUT2D eigenvalue weighted by Gasteiger charge is 2.28. The molecule has 9 nitrogen and oxygen atoms in total. The van der Waals surface area contributed by atoms with Crippen LogP contribution in [0.5, 0.6) is 0 Å². The molecule has 3 heterocycles. The third-order valence-electron chi connectivity index (χ3n) is 7.87. The van der Waals surface area contributed by atoms with Gasteiger partial charge in [-0.25, -0.2) is 22.4 Å². The van der Waals surface area contributed by atoms with Crippen LogP contribution in [-0.2, 0) is 10.0 Å². The molecule has 220 valence electrons. The lowest BCUT2D eigenvalue weighted by Gasteiger charge is -2.32. The van der Waals surface area contributed by atoms with Crippen LogP contribution >= 0.6 is 11.6 Å². The highest BCUT2D eigenvalue weighted by atomic mass is 35.5. The van der Waals surface area contributed by atoms with Gasteiger partial charge in [0.05, 0.1) is 27.3 Å². The van der Waals surface area contributed by atoms with Crippen molar-refractivity contribution in [2.24, 2.45) is 0 Å². The first-order chi connectivity index (χ1) is 20.6. The maximum absolute atomic E-state index is 13.9. The predicted octanol–water partition coefficient (Wildman–Crippen LogP) is 5.90. The minimum Gasteiger partial charge on any atom is -0.399 e. The van der Waals surface area contributed by atoms with Crippen LogP contribution < -0.4 is 11.1 Å². The van der Waals surface area contributed by atoms with E-state index in [0.29, 0.717) is 57.8 Å². The number of fused-ring (bicyclic) bond motifs is 1. The maximum atomic E-state index is 13.9. The zero-order chi connectivity index (χ0) is 30.3. The van der Waals surface area contributed by atoms with Crippen LogP contribution in [0.25, 0.3) is 22.2 Å². The number of nitrogens with two attached hydrogens (primary N) is 1. The van der Waals surface area contributed by atoms with Crippen molar-refractivity contribution < 1.29 is 13.2 Å². The highest BCUT2D eigenvalue weighted by Crippen LogP contribution is 2.39. The molecule has 0 radical (unpaired) electrons. The molecule has 0 unspecified atom stereocenters. The summed E-state index contributed by atoms with van der Waals surface area (Å²) in [5.41, 5.74) is 10.1. The van der Waals surface area contributed by atoms with Gasteiger partial charge in [0.25, 0.3) is 15.9 Å². The molecule has 3 N–H and O–H groups in total. The quantitative estimate of drug-likeness (QED) is 0.228. The zero-order valence-electron chi connectivity index (χ0n) is 23.8. The van der Waals surface area contributed by atoms with Crippen molar-refractivity contribution in [1.29, 1.82) is 0 Å². The number of nitrogens with zero attached hydrogens (tertiary/aromatic N) is 4. The molecule has 1 fully saturated rings. The van der Waals surface area contributed by atoms with E-state index in [9.17, 15) is 13.2 Å². The topological polar surface area (TPSA) is 123 Å². The summed E-state index contributed by atoms with van der Waals surface area (Å²) in [4.78, 5) is 24.2. The van der Waals surface area contributed by atoms with E-state index in [0.717, 1.165) is 23.8 Å². The molecule has 1 aliphatic heterocycles. The van der Waals surface area contributed by atoms with E-state index in [2.05, 4.69) is 10.3 Å². The molecule has 2 aromatic heterocycles. The minimum absolute atomic E-state index is 0.0177. The summed E-state index contributed by atoms with van der Waals surface area (Å²) in [7, 11) is -3.90. The molecule has 3 aromatic carbocycles. The number of rotatable bonds is 6. The Balaban J connectivity index is 1.28. The Kier molecular flexibility index (Phi) is 7.57. The van der Waals surface area contributed by atoms with Crippen molar-refractivity contribution >= 4 is 50.1 Å². The second kappa shape index (κ2) is 11.3. The molecule has 0 saturated carbocycles. The van der Waals surface area contributed by atoms with Gasteiger partial charge < -0.3 is 16.0 Å². The standard InChI is InChI=1S/C32H31ClN6O3S/c1-20-7-13-25(14-8-20)43(41,42)39-21(2)29(26-5-3-4-6-28(26)39)30-27(33)19-35-32(37-30)36-24-15-17-38(18-16-24)31(40)22-9-11-23(34)12-10-22/h3-14,19,24H,15-18,34H2,1-2H3,(H,35,36,37). The molecule has 6 rings (SSSR count). The number of hydrogen-bond acceptors (Lipinski definition) is 7. The van der Waals surface area contributed by atoms with Crippen molar-refractivity contribution in [2.45, 2.75) is 37.6 Å². The van der Waals surface area contributed by atoms with Crippen molar-refractivity contribution in [1.82, 2.24) is 18.8 Å². The minimum atomic E-state index is -3.90. The molecule has 5 aromatic rings. The van der Waals surface area contributed by atoms with E-state index in [1.807, 2.05) is 30.0 Å². The molecule has 1 saturated heterocycles. The first-order valence-corrected chi connectivity index (χ1v) is 15.8. The van der Waals surface area contributed by atoms with Gasteiger partial charge in [-0.3, -0.25) is 4.79 Å². The molecule has 11 heteroatoms. The summed E-state index contributed by atoms with van der Waals surface area (Å²) in [5, 5.41) is 4.43. The molecule has 0 bridgehead atoms. The number of para-hydroxylation sites is 1. The molecule has 1 aliphatic rings. The second-order valence-corrected chi connectivity index (χ2v) is 13.0. The van der Waals surface area contributed by atoms with Crippen molar-refractivity contribution in [3.63, 3.8) is 0 Å². The fraction of sp³-hybridized carbons (Fsp3) is 0.219. The Hall–Kier alpha value is -4.41. The van der Waals surface area contributed by atoms with E-state index in [1.54, 1.807) is 61.5 Å². The fourth-order valence-electron chi connectivity index (χ4n) is 5.59. The Morgan fingerprint density at radius 2 is 1.65 bits per heavy atom. The SMILES string of the molecule is Cc1ccc(S(=O)(=O)n2c(C)c(-c3nc(NC4CCN(C(=O)c5ccc(N)cc5)CC4)ncc3Cl)c3ccccc32)cc1. The Bertz CT molecular complexity index is 1930. The average Bonchev–Trinajstić information content (AvgIpc) is 3.31. The molecule has 0 spiro atoms. The number of aryl methyl sites for hydroxylation is 1. The summed E-state index contributed by atoms with van der Waals surface area (Å²) in [6, 6.07) is 21.1. The first kappa shape index (κ1) is 28.7. The third-order valence-corrected chi connectivity index (χ3v) is 9.97. The van der Waals surface area contributed by atoms with Gasteiger partial charge in [-0.05, 0) is 69.2 Å². The molecule has 43 heavy (non-hydrogen) atoms. The zero-order valence-corrected chi connectivity index (χ0v) is 25.4.